The summed E-state index contributed by atoms with van der Waals surface area (Å²) >= 11 is 1.60. The number of thiophene rings is 1. The molecule has 0 saturated heterocycles. The summed E-state index contributed by atoms with van der Waals surface area (Å²) in [4.78, 5) is 27.6. The van der Waals surface area contributed by atoms with Crippen molar-refractivity contribution in [3.8, 4) is 0 Å². The number of non-ortho nitro benzene ring substituents is 1. The lowest BCUT2D eigenvalue weighted by atomic mass is 10.2. The van der Waals surface area contributed by atoms with Gasteiger partial charge in [0.15, 0.2) is 0 Å². The first kappa shape index (κ1) is 26.5. The average molecular weight is 516 g/mol. The van der Waals surface area contributed by atoms with Gasteiger partial charge in [-0.1, -0.05) is 44.2 Å². The molecule has 0 aliphatic rings. The van der Waals surface area contributed by atoms with Gasteiger partial charge in [-0.25, -0.2) is 8.42 Å². The monoisotopic (exact) mass is 515 g/mol. The summed E-state index contributed by atoms with van der Waals surface area (Å²) in [6.07, 6.45) is 0. The molecular formula is C25H29N3O5S2. The lowest BCUT2D eigenvalue weighted by Gasteiger charge is -2.28. The minimum absolute atomic E-state index is 0.0295. The summed E-state index contributed by atoms with van der Waals surface area (Å²) < 4.78 is 28.0. The summed E-state index contributed by atoms with van der Waals surface area (Å²) in [5.74, 6) is -0.343. The SMILES string of the molecule is Cc1ccc(CN(Cc2ccccc2)C(=O)CN(CC(C)C)S(=O)(=O)c2ccc([N+](=O)[O-])cc2)s1. The first-order chi connectivity index (χ1) is 16.6. The van der Waals surface area contributed by atoms with E-state index in [9.17, 15) is 23.3 Å². The molecule has 0 aliphatic heterocycles. The molecule has 0 atom stereocenters. The molecule has 1 heterocycles. The van der Waals surface area contributed by atoms with Gasteiger partial charge in [0.2, 0.25) is 15.9 Å². The van der Waals surface area contributed by atoms with Crippen LogP contribution in [0.4, 0.5) is 5.69 Å². The normalized spacial score (nSPS) is 11.7. The molecule has 35 heavy (non-hydrogen) atoms. The van der Waals surface area contributed by atoms with Gasteiger partial charge in [-0.3, -0.25) is 14.9 Å². The Morgan fingerprint density at radius 1 is 1.00 bits per heavy atom. The molecule has 0 bridgehead atoms. The van der Waals surface area contributed by atoms with Gasteiger partial charge in [0.25, 0.3) is 5.69 Å². The number of benzene rings is 2. The van der Waals surface area contributed by atoms with Gasteiger partial charge in [0.1, 0.15) is 0 Å². The van der Waals surface area contributed by atoms with Crippen molar-refractivity contribution < 1.29 is 18.1 Å². The summed E-state index contributed by atoms with van der Waals surface area (Å²) in [5, 5.41) is 11.0. The third-order valence-electron chi connectivity index (χ3n) is 5.28. The molecule has 1 aromatic heterocycles. The zero-order chi connectivity index (χ0) is 25.6. The van der Waals surface area contributed by atoms with Crippen LogP contribution in [0.25, 0.3) is 0 Å². The van der Waals surface area contributed by atoms with Crippen LogP contribution in [0.2, 0.25) is 0 Å². The van der Waals surface area contributed by atoms with E-state index >= 15 is 0 Å². The number of rotatable bonds is 11. The highest BCUT2D eigenvalue weighted by Crippen LogP contribution is 2.22. The molecule has 0 aliphatic carbocycles. The third-order valence-corrected chi connectivity index (χ3v) is 8.09. The number of aryl methyl sites for hydroxylation is 1. The van der Waals surface area contributed by atoms with Crippen molar-refractivity contribution in [1.29, 1.82) is 0 Å². The van der Waals surface area contributed by atoms with E-state index in [1.807, 2.05) is 63.2 Å². The Morgan fingerprint density at radius 2 is 1.66 bits per heavy atom. The van der Waals surface area contributed by atoms with Crippen molar-refractivity contribution in [3.63, 3.8) is 0 Å². The Morgan fingerprint density at radius 3 is 2.20 bits per heavy atom. The van der Waals surface area contributed by atoms with Gasteiger partial charge in [-0.2, -0.15) is 4.31 Å². The van der Waals surface area contributed by atoms with Gasteiger partial charge in [0.05, 0.1) is 22.9 Å². The van der Waals surface area contributed by atoms with Crippen LogP contribution in [0.1, 0.15) is 29.2 Å². The molecule has 0 unspecified atom stereocenters. The second-order valence-electron chi connectivity index (χ2n) is 8.69. The highest BCUT2D eigenvalue weighted by molar-refractivity contribution is 7.89. The fourth-order valence-electron chi connectivity index (χ4n) is 3.59. The molecule has 3 rings (SSSR count). The Balaban J connectivity index is 1.88. The molecule has 3 aromatic rings. The predicted molar refractivity (Wildman–Crippen MR) is 136 cm³/mol. The minimum Gasteiger partial charge on any atom is -0.332 e. The van der Waals surface area contributed by atoms with Crippen molar-refractivity contribution in [2.45, 2.75) is 38.8 Å². The van der Waals surface area contributed by atoms with Crippen LogP contribution < -0.4 is 0 Å². The molecule has 0 fully saturated rings. The standard InChI is InChI=1S/C25H29N3O5S2/c1-19(2)15-27(35(32,33)24-13-10-22(11-14-24)28(30)31)18-25(29)26(16-21-7-5-4-6-8-21)17-23-12-9-20(3)34-23/h4-14,19H,15-18H2,1-3H3. The molecule has 186 valence electrons. The Hall–Kier alpha value is -3.08. The molecule has 0 spiro atoms. The third kappa shape index (κ3) is 7.20. The lowest BCUT2D eigenvalue weighted by Crippen LogP contribution is -2.43. The van der Waals surface area contributed by atoms with Crippen LogP contribution in [0.15, 0.2) is 71.6 Å². The zero-order valence-corrected chi connectivity index (χ0v) is 21.6. The van der Waals surface area contributed by atoms with Crippen LogP contribution >= 0.6 is 11.3 Å². The quantitative estimate of drug-likeness (QED) is 0.269. The van der Waals surface area contributed by atoms with E-state index in [1.165, 1.54) is 16.4 Å². The van der Waals surface area contributed by atoms with Crippen LogP contribution in [0.3, 0.4) is 0 Å². The van der Waals surface area contributed by atoms with Crippen LogP contribution in [-0.2, 0) is 27.9 Å². The van der Waals surface area contributed by atoms with E-state index in [2.05, 4.69) is 0 Å². The molecule has 0 N–H and O–H groups in total. The number of hydrogen-bond acceptors (Lipinski definition) is 6. The van der Waals surface area contributed by atoms with Gasteiger partial charge in [-0.15, -0.1) is 11.3 Å². The van der Waals surface area contributed by atoms with E-state index in [0.717, 1.165) is 27.5 Å². The zero-order valence-electron chi connectivity index (χ0n) is 20.0. The van der Waals surface area contributed by atoms with Gasteiger partial charge in [-0.05, 0) is 42.7 Å². The maximum atomic E-state index is 13.5. The first-order valence-corrected chi connectivity index (χ1v) is 13.4. The topological polar surface area (TPSA) is 101 Å². The van der Waals surface area contributed by atoms with Crippen LogP contribution in [0, 0.1) is 23.0 Å². The van der Waals surface area contributed by atoms with Crippen molar-refractivity contribution in [3.05, 3.63) is 92.2 Å². The molecular weight excluding hydrogens is 486 g/mol. The van der Waals surface area contributed by atoms with E-state index < -0.39 is 14.9 Å². The molecule has 10 heteroatoms. The van der Waals surface area contributed by atoms with Crippen molar-refractivity contribution >= 4 is 33.0 Å². The lowest BCUT2D eigenvalue weighted by molar-refractivity contribution is -0.384. The molecule has 1 amide bonds. The molecule has 8 nitrogen and oxygen atoms in total. The second kappa shape index (κ2) is 11.6. The Bertz CT molecular complexity index is 1260. The first-order valence-electron chi connectivity index (χ1n) is 11.2. The summed E-state index contributed by atoms with van der Waals surface area (Å²) in [5.41, 5.74) is 0.749. The highest BCUT2D eigenvalue weighted by atomic mass is 32.2. The van der Waals surface area contributed by atoms with Crippen molar-refractivity contribution in [1.82, 2.24) is 9.21 Å². The van der Waals surface area contributed by atoms with E-state index in [-0.39, 0.29) is 35.5 Å². The maximum absolute atomic E-state index is 13.5. The van der Waals surface area contributed by atoms with E-state index in [4.69, 9.17) is 0 Å². The number of amides is 1. The minimum atomic E-state index is -4.04. The van der Waals surface area contributed by atoms with Gasteiger partial charge >= 0.3 is 0 Å². The molecule has 0 radical (unpaired) electrons. The van der Waals surface area contributed by atoms with E-state index in [0.29, 0.717) is 13.1 Å². The Kier molecular flexibility index (Phi) is 8.76. The number of nitrogens with zero attached hydrogens (tertiary/aromatic N) is 3. The summed E-state index contributed by atoms with van der Waals surface area (Å²) in [6.45, 7) is 6.29. The number of nitro groups is 1. The van der Waals surface area contributed by atoms with Gasteiger partial charge < -0.3 is 4.90 Å². The largest absolute Gasteiger partial charge is 0.332 e. The second-order valence-corrected chi connectivity index (χ2v) is 12.0. The van der Waals surface area contributed by atoms with Crippen molar-refractivity contribution in [2.24, 2.45) is 5.92 Å². The summed E-state index contributed by atoms with van der Waals surface area (Å²) in [6, 6.07) is 18.3. The van der Waals surface area contributed by atoms with E-state index in [1.54, 1.807) is 16.2 Å². The number of hydrogen-bond donors (Lipinski definition) is 0. The smallest absolute Gasteiger partial charge is 0.269 e. The Labute approximate surface area is 210 Å². The number of sulfonamides is 1. The van der Waals surface area contributed by atoms with Crippen molar-refractivity contribution in [2.75, 3.05) is 13.1 Å². The van der Waals surface area contributed by atoms with Gasteiger partial charge in [0, 0.05) is 35.0 Å². The highest BCUT2D eigenvalue weighted by Gasteiger charge is 2.30. The molecule has 2 aromatic carbocycles. The number of nitro benzene ring substituents is 1. The molecule has 0 saturated carbocycles. The fraction of sp³-hybridized carbons (Fsp3) is 0.320. The number of carbonyl (C=O) groups is 1. The summed E-state index contributed by atoms with van der Waals surface area (Å²) in [7, 11) is -4.04. The number of carbonyl (C=O) groups excluding carboxylic acids is 1. The van der Waals surface area contributed by atoms with Crippen LogP contribution in [0.5, 0.6) is 0 Å². The average Bonchev–Trinajstić information content (AvgIpc) is 3.23. The predicted octanol–water partition coefficient (Wildman–Crippen LogP) is 4.84. The maximum Gasteiger partial charge on any atom is 0.269 e. The van der Waals surface area contributed by atoms with Crippen LogP contribution in [-0.4, -0.2) is 41.5 Å². The fourth-order valence-corrected chi connectivity index (χ4v) is 6.05.